The molecule has 1 heterocycles. The molecule has 1 aliphatic carbocycles. The van der Waals surface area contributed by atoms with Gasteiger partial charge >= 0.3 is 6.18 Å². The van der Waals surface area contributed by atoms with Crippen LogP contribution < -0.4 is 5.32 Å². The molecule has 2 atom stereocenters. The van der Waals surface area contributed by atoms with Crippen molar-refractivity contribution in [2.45, 2.75) is 33.9 Å². The molecule has 6 heteroatoms. The molecule has 0 aromatic heterocycles. The maximum Gasteiger partial charge on any atom is 0.436 e. The molecule has 118 valence electrons. The van der Waals surface area contributed by atoms with E-state index in [1.165, 1.54) is 13.1 Å². The standard InChI is InChI=1S/C7H10F3NO.C6H11N.CH4/c1-3-4-5(12)6(11-2)7(8,9)10;1-4-5-2-7-3-6(4)5;/h4,12H,3H2,1-2H3;4-7H,2-3H2,1H3;1H4/b5-4+,11-6?;;. The number of allylic oxidation sites excluding steroid dienone is 2. The highest BCUT2D eigenvalue weighted by Gasteiger charge is 2.49. The Hall–Kier alpha value is -1.04. The minimum Gasteiger partial charge on any atom is -0.506 e. The molecule has 1 saturated carbocycles. The van der Waals surface area contributed by atoms with Crippen molar-refractivity contribution >= 4 is 5.71 Å². The summed E-state index contributed by atoms with van der Waals surface area (Å²) < 4.78 is 35.9. The number of aliphatic imine (C=N–C) groups is 1. The molecule has 0 amide bonds. The van der Waals surface area contributed by atoms with E-state index < -0.39 is 17.6 Å². The van der Waals surface area contributed by atoms with Gasteiger partial charge in [-0.1, -0.05) is 21.3 Å². The molecular formula is C14H25F3N2O. The summed E-state index contributed by atoms with van der Waals surface area (Å²) in [5.74, 6) is 2.38. The van der Waals surface area contributed by atoms with Crippen LogP contribution in [-0.2, 0) is 0 Å². The summed E-state index contributed by atoms with van der Waals surface area (Å²) in [4.78, 5) is 2.95. The van der Waals surface area contributed by atoms with E-state index in [1.807, 2.05) is 0 Å². The van der Waals surface area contributed by atoms with Gasteiger partial charge in [0.2, 0.25) is 0 Å². The van der Waals surface area contributed by atoms with E-state index in [2.05, 4.69) is 17.2 Å². The number of alkyl halides is 3. The average molecular weight is 294 g/mol. The van der Waals surface area contributed by atoms with Crippen molar-refractivity contribution in [3.8, 4) is 0 Å². The smallest absolute Gasteiger partial charge is 0.436 e. The highest BCUT2D eigenvalue weighted by atomic mass is 19.4. The predicted molar refractivity (Wildman–Crippen MR) is 76.2 cm³/mol. The Bertz CT molecular complexity index is 354. The molecule has 2 aliphatic rings. The number of fused-ring (bicyclic) bond motifs is 1. The summed E-state index contributed by atoms with van der Waals surface area (Å²) in [5, 5.41) is 12.2. The fourth-order valence-corrected chi connectivity index (χ4v) is 2.40. The van der Waals surface area contributed by atoms with Gasteiger partial charge in [-0.25, -0.2) is 0 Å². The van der Waals surface area contributed by atoms with Crippen molar-refractivity contribution in [1.82, 2.24) is 5.32 Å². The van der Waals surface area contributed by atoms with Gasteiger partial charge in [-0.05, 0) is 43.3 Å². The summed E-state index contributed by atoms with van der Waals surface area (Å²) in [5.41, 5.74) is -1.23. The van der Waals surface area contributed by atoms with Gasteiger partial charge in [0.25, 0.3) is 0 Å². The maximum atomic E-state index is 12.0. The van der Waals surface area contributed by atoms with Crippen molar-refractivity contribution in [1.29, 1.82) is 0 Å². The van der Waals surface area contributed by atoms with Crippen LogP contribution in [0.5, 0.6) is 0 Å². The lowest BCUT2D eigenvalue weighted by Gasteiger charge is -2.07. The second-order valence-electron chi connectivity index (χ2n) is 4.91. The molecule has 1 saturated heterocycles. The monoisotopic (exact) mass is 294 g/mol. The number of rotatable bonds is 2. The Morgan fingerprint density at radius 3 is 2.10 bits per heavy atom. The fourth-order valence-electron chi connectivity index (χ4n) is 2.40. The number of hydrogen-bond acceptors (Lipinski definition) is 3. The zero-order valence-corrected chi connectivity index (χ0v) is 11.5. The molecule has 2 fully saturated rings. The first-order chi connectivity index (χ1) is 8.82. The highest BCUT2D eigenvalue weighted by Crippen LogP contribution is 2.47. The van der Waals surface area contributed by atoms with Crippen LogP contribution in [0.3, 0.4) is 0 Å². The molecule has 1 aliphatic heterocycles. The summed E-state index contributed by atoms with van der Waals surface area (Å²) in [6.45, 7) is 6.58. The second-order valence-corrected chi connectivity index (χ2v) is 4.91. The lowest BCUT2D eigenvalue weighted by molar-refractivity contribution is -0.0599. The first-order valence-electron chi connectivity index (χ1n) is 6.47. The van der Waals surface area contributed by atoms with E-state index in [-0.39, 0.29) is 7.43 Å². The van der Waals surface area contributed by atoms with E-state index in [9.17, 15) is 13.2 Å². The molecule has 2 unspecified atom stereocenters. The summed E-state index contributed by atoms with van der Waals surface area (Å²) in [7, 11) is 0.989. The molecule has 2 N–H and O–H groups in total. The number of aliphatic hydroxyl groups is 1. The molecule has 0 spiro atoms. The maximum absolute atomic E-state index is 12.0. The molecule has 3 nitrogen and oxygen atoms in total. The SMILES string of the molecule is C.CC/C=C(/O)C(=NC)C(F)(F)F.CC1C2CNCC12. The zero-order valence-electron chi connectivity index (χ0n) is 11.5. The molecular weight excluding hydrogens is 269 g/mol. The number of aliphatic hydroxyl groups excluding tert-OH is 1. The van der Waals surface area contributed by atoms with E-state index in [0.29, 0.717) is 6.42 Å². The third kappa shape index (κ3) is 4.81. The van der Waals surface area contributed by atoms with Crippen molar-refractivity contribution in [3.63, 3.8) is 0 Å². The Morgan fingerprint density at radius 2 is 1.85 bits per heavy atom. The first kappa shape index (κ1) is 19.0. The van der Waals surface area contributed by atoms with Gasteiger partial charge in [-0.3, -0.25) is 4.99 Å². The topological polar surface area (TPSA) is 44.6 Å². The lowest BCUT2D eigenvalue weighted by atomic mass is 10.2. The van der Waals surface area contributed by atoms with Crippen molar-refractivity contribution < 1.29 is 18.3 Å². The Balaban J connectivity index is 0.000000378. The van der Waals surface area contributed by atoms with Crippen LogP contribution in [-0.4, -0.2) is 37.1 Å². The van der Waals surface area contributed by atoms with Crippen LogP contribution in [0.1, 0.15) is 27.7 Å². The Labute approximate surface area is 119 Å². The molecule has 0 bridgehead atoms. The quantitative estimate of drug-likeness (QED) is 0.604. The minimum atomic E-state index is -4.58. The molecule has 2 rings (SSSR count). The number of piperidine rings is 1. The van der Waals surface area contributed by atoms with E-state index >= 15 is 0 Å². The zero-order chi connectivity index (χ0) is 14.6. The van der Waals surface area contributed by atoms with Gasteiger partial charge in [0.05, 0.1) is 0 Å². The van der Waals surface area contributed by atoms with Crippen LogP contribution >= 0.6 is 0 Å². The molecule has 0 aromatic rings. The van der Waals surface area contributed by atoms with Crippen molar-refractivity contribution in [3.05, 3.63) is 11.8 Å². The van der Waals surface area contributed by atoms with Crippen molar-refractivity contribution in [2.24, 2.45) is 22.7 Å². The van der Waals surface area contributed by atoms with Crippen LogP contribution in [0.25, 0.3) is 0 Å². The van der Waals surface area contributed by atoms with Gasteiger partial charge in [0, 0.05) is 7.05 Å². The first-order valence-corrected chi connectivity index (χ1v) is 6.47. The Kier molecular flexibility index (Phi) is 7.27. The molecule has 0 aromatic carbocycles. The van der Waals surface area contributed by atoms with Gasteiger partial charge in [0.1, 0.15) is 5.76 Å². The van der Waals surface area contributed by atoms with Gasteiger partial charge in [0.15, 0.2) is 5.71 Å². The number of hydrogen-bond donors (Lipinski definition) is 2. The number of nitrogens with one attached hydrogen (secondary N) is 1. The summed E-state index contributed by atoms with van der Waals surface area (Å²) in [6.07, 6.45) is -3.18. The minimum absolute atomic E-state index is 0. The van der Waals surface area contributed by atoms with Crippen LogP contribution in [0.2, 0.25) is 0 Å². The summed E-state index contributed by atoms with van der Waals surface area (Å²) in [6, 6.07) is 0. The third-order valence-corrected chi connectivity index (χ3v) is 3.65. The van der Waals surface area contributed by atoms with E-state index in [0.717, 1.165) is 30.9 Å². The molecule has 0 radical (unpaired) electrons. The van der Waals surface area contributed by atoms with Crippen LogP contribution in [0.15, 0.2) is 16.8 Å². The summed E-state index contributed by atoms with van der Waals surface area (Å²) >= 11 is 0. The highest BCUT2D eigenvalue weighted by molar-refractivity contribution is 6.02. The number of halogens is 3. The second kappa shape index (κ2) is 7.67. The predicted octanol–water partition coefficient (Wildman–Crippen LogP) is 3.58. The van der Waals surface area contributed by atoms with Crippen LogP contribution in [0.4, 0.5) is 13.2 Å². The lowest BCUT2D eigenvalue weighted by Crippen LogP contribution is -2.24. The molecule has 20 heavy (non-hydrogen) atoms. The van der Waals surface area contributed by atoms with Gasteiger partial charge < -0.3 is 10.4 Å². The third-order valence-electron chi connectivity index (χ3n) is 3.65. The van der Waals surface area contributed by atoms with E-state index in [1.54, 1.807) is 6.92 Å². The normalized spacial score (nSPS) is 29.0. The average Bonchev–Trinajstić information content (AvgIpc) is 2.76. The van der Waals surface area contributed by atoms with Crippen LogP contribution in [0, 0.1) is 17.8 Å². The largest absolute Gasteiger partial charge is 0.506 e. The van der Waals surface area contributed by atoms with Gasteiger partial charge in [-0.15, -0.1) is 0 Å². The van der Waals surface area contributed by atoms with Crippen molar-refractivity contribution in [2.75, 3.05) is 20.1 Å². The van der Waals surface area contributed by atoms with E-state index in [4.69, 9.17) is 5.11 Å². The fraction of sp³-hybridized carbons (Fsp3) is 0.786. The van der Waals surface area contributed by atoms with Gasteiger partial charge in [-0.2, -0.15) is 13.2 Å². The number of nitrogens with zero attached hydrogens (tertiary/aromatic N) is 1. The Morgan fingerprint density at radius 1 is 1.35 bits per heavy atom.